The van der Waals surface area contributed by atoms with Gasteiger partial charge in [0.2, 0.25) is 0 Å². The second-order valence-electron chi connectivity index (χ2n) is 4.93. The fourth-order valence-electron chi connectivity index (χ4n) is 2.36. The van der Waals surface area contributed by atoms with Crippen LogP contribution in [0.4, 0.5) is 5.69 Å². The molecule has 0 fully saturated rings. The Bertz CT molecular complexity index is 547. The SMILES string of the molecule is COC(=O)C1C(=O)C=C(Nc2ccc(O)cc2)CC1C. The molecule has 2 N–H and O–H groups in total. The summed E-state index contributed by atoms with van der Waals surface area (Å²) in [6.45, 7) is 1.85. The van der Waals surface area contributed by atoms with Gasteiger partial charge in [0, 0.05) is 17.5 Å². The number of phenolic OH excluding ortho intramolecular Hbond substituents is 1. The van der Waals surface area contributed by atoms with Crippen LogP contribution in [0.5, 0.6) is 5.75 Å². The van der Waals surface area contributed by atoms with Crippen LogP contribution in [0.3, 0.4) is 0 Å². The predicted molar refractivity (Wildman–Crippen MR) is 74.1 cm³/mol. The first-order chi connectivity index (χ1) is 9.51. The minimum Gasteiger partial charge on any atom is -0.508 e. The van der Waals surface area contributed by atoms with Crippen molar-refractivity contribution in [2.24, 2.45) is 11.8 Å². The first-order valence-corrected chi connectivity index (χ1v) is 6.39. The molecular weight excluding hydrogens is 258 g/mol. The van der Waals surface area contributed by atoms with Crippen LogP contribution >= 0.6 is 0 Å². The molecule has 2 atom stereocenters. The average molecular weight is 275 g/mol. The third-order valence-corrected chi connectivity index (χ3v) is 3.36. The molecule has 0 spiro atoms. The van der Waals surface area contributed by atoms with Crippen LogP contribution in [0.1, 0.15) is 13.3 Å². The van der Waals surface area contributed by atoms with E-state index in [0.717, 1.165) is 11.4 Å². The van der Waals surface area contributed by atoms with Gasteiger partial charge in [-0.1, -0.05) is 6.92 Å². The molecule has 1 aromatic carbocycles. The van der Waals surface area contributed by atoms with Crippen LogP contribution < -0.4 is 5.32 Å². The van der Waals surface area contributed by atoms with Gasteiger partial charge < -0.3 is 15.2 Å². The van der Waals surface area contributed by atoms with E-state index in [1.807, 2.05) is 6.92 Å². The zero-order valence-electron chi connectivity index (χ0n) is 11.4. The fourth-order valence-corrected chi connectivity index (χ4v) is 2.36. The number of benzene rings is 1. The molecule has 0 bridgehead atoms. The standard InChI is InChI=1S/C15H17NO4/c1-9-7-11(8-13(18)14(9)15(19)20-2)16-10-3-5-12(17)6-4-10/h3-6,8-9,14,16-17H,7H2,1-2H3. The number of anilines is 1. The lowest BCUT2D eigenvalue weighted by molar-refractivity contribution is -0.150. The van der Waals surface area contributed by atoms with Gasteiger partial charge in [0.05, 0.1) is 7.11 Å². The Morgan fingerprint density at radius 1 is 1.35 bits per heavy atom. The van der Waals surface area contributed by atoms with E-state index in [9.17, 15) is 14.7 Å². The molecule has 0 heterocycles. The van der Waals surface area contributed by atoms with Crippen LogP contribution in [0.15, 0.2) is 36.0 Å². The maximum absolute atomic E-state index is 12.0. The molecule has 0 saturated heterocycles. The molecule has 0 radical (unpaired) electrons. The normalized spacial score (nSPS) is 22.1. The third-order valence-electron chi connectivity index (χ3n) is 3.36. The maximum Gasteiger partial charge on any atom is 0.316 e. The quantitative estimate of drug-likeness (QED) is 0.502. The lowest BCUT2D eigenvalue weighted by atomic mass is 9.82. The second-order valence-corrected chi connectivity index (χ2v) is 4.93. The van der Waals surface area contributed by atoms with Crippen molar-refractivity contribution in [1.82, 2.24) is 0 Å². The van der Waals surface area contributed by atoms with Crippen LogP contribution in [0, 0.1) is 11.8 Å². The number of ketones is 1. The van der Waals surface area contributed by atoms with E-state index in [1.165, 1.54) is 13.2 Å². The minimum atomic E-state index is -0.717. The summed E-state index contributed by atoms with van der Waals surface area (Å²) < 4.78 is 4.66. The van der Waals surface area contributed by atoms with Gasteiger partial charge >= 0.3 is 5.97 Å². The van der Waals surface area contributed by atoms with Crippen LogP contribution in [0.2, 0.25) is 0 Å². The summed E-state index contributed by atoms with van der Waals surface area (Å²) in [4.78, 5) is 23.6. The molecule has 2 unspecified atom stereocenters. The molecule has 1 aliphatic rings. The van der Waals surface area contributed by atoms with Crippen molar-refractivity contribution < 1.29 is 19.4 Å². The molecule has 106 valence electrons. The summed E-state index contributed by atoms with van der Waals surface area (Å²) in [5.41, 5.74) is 1.54. The molecule has 1 aromatic rings. The monoisotopic (exact) mass is 275 g/mol. The molecule has 0 aliphatic heterocycles. The van der Waals surface area contributed by atoms with Crippen molar-refractivity contribution in [3.05, 3.63) is 36.0 Å². The number of esters is 1. The van der Waals surface area contributed by atoms with Crippen LogP contribution in [0.25, 0.3) is 0 Å². The minimum absolute atomic E-state index is 0.112. The van der Waals surface area contributed by atoms with Gasteiger partial charge in [-0.25, -0.2) is 0 Å². The summed E-state index contributed by atoms with van der Waals surface area (Å²) in [5, 5.41) is 12.3. The van der Waals surface area contributed by atoms with Crippen molar-refractivity contribution in [1.29, 1.82) is 0 Å². The number of allylic oxidation sites excluding steroid dienone is 2. The Hall–Kier alpha value is -2.30. The van der Waals surface area contributed by atoms with Crippen molar-refractivity contribution in [2.45, 2.75) is 13.3 Å². The number of hydrogen-bond donors (Lipinski definition) is 2. The van der Waals surface area contributed by atoms with Gasteiger partial charge in [0.15, 0.2) is 5.78 Å². The molecule has 1 aliphatic carbocycles. The van der Waals surface area contributed by atoms with Crippen molar-refractivity contribution in [2.75, 3.05) is 12.4 Å². The van der Waals surface area contributed by atoms with E-state index < -0.39 is 11.9 Å². The lowest BCUT2D eigenvalue weighted by Crippen LogP contribution is -2.34. The topological polar surface area (TPSA) is 75.6 Å². The highest BCUT2D eigenvalue weighted by Gasteiger charge is 2.35. The van der Waals surface area contributed by atoms with E-state index in [1.54, 1.807) is 24.3 Å². The van der Waals surface area contributed by atoms with Crippen molar-refractivity contribution in [3.8, 4) is 5.75 Å². The van der Waals surface area contributed by atoms with Gasteiger partial charge in [0.25, 0.3) is 0 Å². The zero-order chi connectivity index (χ0) is 14.7. The summed E-state index contributed by atoms with van der Waals surface area (Å²) in [6, 6.07) is 6.57. The first-order valence-electron chi connectivity index (χ1n) is 6.39. The Morgan fingerprint density at radius 2 is 2.00 bits per heavy atom. The maximum atomic E-state index is 12.0. The summed E-state index contributed by atoms with van der Waals surface area (Å²) in [5.74, 6) is -1.37. The summed E-state index contributed by atoms with van der Waals surface area (Å²) >= 11 is 0. The van der Waals surface area contributed by atoms with Gasteiger partial charge in [-0.05, 0) is 36.6 Å². The molecule has 5 nitrogen and oxygen atoms in total. The van der Waals surface area contributed by atoms with Crippen molar-refractivity contribution >= 4 is 17.4 Å². The zero-order valence-corrected chi connectivity index (χ0v) is 11.4. The highest BCUT2D eigenvalue weighted by molar-refractivity contribution is 6.06. The number of nitrogens with one attached hydrogen (secondary N) is 1. The Labute approximate surface area is 117 Å². The molecule has 2 rings (SSSR count). The number of hydrogen-bond acceptors (Lipinski definition) is 5. The number of carbonyl (C=O) groups is 2. The largest absolute Gasteiger partial charge is 0.508 e. The molecule has 0 amide bonds. The van der Waals surface area contributed by atoms with E-state index in [-0.39, 0.29) is 17.5 Å². The number of aromatic hydroxyl groups is 1. The van der Waals surface area contributed by atoms with Crippen LogP contribution in [-0.4, -0.2) is 24.0 Å². The Balaban J connectivity index is 2.13. The third kappa shape index (κ3) is 2.99. The van der Waals surface area contributed by atoms with E-state index in [2.05, 4.69) is 10.1 Å². The molecule has 5 heteroatoms. The molecule has 0 saturated carbocycles. The van der Waals surface area contributed by atoms with Gasteiger partial charge in [-0.15, -0.1) is 0 Å². The van der Waals surface area contributed by atoms with E-state index in [0.29, 0.717) is 6.42 Å². The molecule has 20 heavy (non-hydrogen) atoms. The second kappa shape index (κ2) is 5.77. The van der Waals surface area contributed by atoms with Crippen molar-refractivity contribution in [3.63, 3.8) is 0 Å². The number of rotatable bonds is 3. The summed E-state index contributed by atoms with van der Waals surface area (Å²) in [7, 11) is 1.29. The molecular formula is C15H17NO4. The number of ether oxygens (including phenoxy) is 1. The first kappa shape index (κ1) is 14.1. The number of phenols is 1. The lowest BCUT2D eigenvalue weighted by Gasteiger charge is -2.26. The average Bonchev–Trinajstić information content (AvgIpc) is 2.40. The predicted octanol–water partition coefficient (Wildman–Crippen LogP) is 2.09. The highest BCUT2D eigenvalue weighted by Crippen LogP contribution is 2.29. The van der Waals surface area contributed by atoms with E-state index in [4.69, 9.17) is 0 Å². The number of methoxy groups -OCH3 is 1. The number of carbonyl (C=O) groups excluding carboxylic acids is 2. The van der Waals surface area contributed by atoms with Gasteiger partial charge in [-0.2, -0.15) is 0 Å². The van der Waals surface area contributed by atoms with Crippen LogP contribution in [-0.2, 0) is 14.3 Å². The Morgan fingerprint density at radius 3 is 2.55 bits per heavy atom. The van der Waals surface area contributed by atoms with E-state index >= 15 is 0 Å². The van der Waals surface area contributed by atoms with Gasteiger partial charge in [-0.3, -0.25) is 9.59 Å². The summed E-state index contributed by atoms with van der Waals surface area (Å²) in [6.07, 6.45) is 2.04. The van der Waals surface area contributed by atoms with Gasteiger partial charge in [0.1, 0.15) is 11.7 Å². The fraction of sp³-hybridized carbons (Fsp3) is 0.333. The smallest absolute Gasteiger partial charge is 0.316 e. The Kier molecular flexibility index (Phi) is 4.08. The highest BCUT2D eigenvalue weighted by atomic mass is 16.5. The molecule has 0 aromatic heterocycles.